The summed E-state index contributed by atoms with van der Waals surface area (Å²) in [5.74, 6) is -0.655. The zero-order chi connectivity index (χ0) is 21.0. The van der Waals surface area contributed by atoms with Gasteiger partial charge in [-0.3, -0.25) is 9.59 Å². The SMILES string of the molecule is Cc1ccc([C@H]2CC(=O)NC(SCC(=O)Nc3ccc(C)c(Cl)c3)=C2C#N)cc1. The van der Waals surface area contributed by atoms with Crippen molar-refractivity contribution in [2.75, 3.05) is 11.1 Å². The topological polar surface area (TPSA) is 82.0 Å². The number of thioether (sulfide) groups is 1. The van der Waals surface area contributed by atoms with Gasteiger partial charge in [-0.05, 0) is 37.1 Å². The first-order valence-electron chi connectivity index (χ1n) is 9.07. The van der Waals surface area contributed by atoms with E-state index in [2.05, 4.69) is 16.7 Å². The Hall–Kier alpha value is -2.75. The first kappa shape index (κ1) is 21.0. The highest BCUT2D eigenvalue weighted by Gasteiger charge is 2.29. The number of halogens is 1. The van der Waals surface area contributed by atoms with Crippen LogP contribution in [0, 0.1) is 25.2 Å². The minimum absolute atomic E-state index is 0.0624. The van der Waals surface area contributed by atoms with Crippen LogP contribution in [0.4, 0.5) is 5.69 Å². The van der Waals surface area contributed by atoms with Gasteiger partial charge >= 0.3 is 0 Å². The first-order valence-corrected chi connectivity index (χ1v) is 10.4. The Morgan fingerprint density at radius 1 is 1.28 bits per heavy atom. The number of rotatable bonds is 5. The first-order chi connectivity index (χ1) is 13.9. The fourth-order valence-electron chi connectivity index (χ4n) is 3.02. The maximum absolute atomic E-state index is 12.3. The number of nitriles is 1. The Morgan fingerprint density at radius 3 is 2.66 bits per heavy atom. The van der Waals surface area contributed by atoms with Gasteiger partial charge in [0.05, 0.1) is 22.4 Å². The molecule has 1 heterocycles. The zero-order valence-corrected chi connectivity index (χ0v) is 17.7. The van der Waals surface area contributed by atoms with Crippen LogP contribution in [0.15, 0.2) is 53.1 Å². The van der Waals surface area contributed by atoms with Crippen LogP contribution < -0.4 is 10.6 Å². The quantitative estimate of drug-likeness (QED) is 0.729. The van der Waals surface area contributed by atoms with E-state index in [0.29, 0.717) is 21.3 Å². The molecule has 0 bridgehead atoms. The number of carbonyl (C=O) groups is 2. The number of aryl methyl sites for hydroxylation is 2. The second kappa shape index (κ2) is 9.17. The number of amides is 2. The molecule has 0 radical (unpaired) electrons. The predicted molar refractivity (Wildman–Crippen MR) is 117 cm³/mol. The Morgan fingerprint density at radius 2 is 2.00 bits per heavy atom. The second-order valence-electron chi connectivity index (χ2n) is 6.87. The summed E-state index contributed by atoms with van der Waals surface area (Å²) in [4.78, 5) is 24.5. The third-order valence-electron chi connectivity index (χ3n) is 4.64. The molecule has 2 aromatic carbocycles. The summed E-state index contributed by atoms with van der Waals surface area (Å²) in [6.45, 7) is 3.87. The van der Waals surface area contributed by atoms with Crippen molar-refractivity contribution in [3.63, 3.8) is 0 Å². The average Bonchev–Trinajstić information content (AvgIpc) is 2.69. The smallest absolute Gasteiger partial charge is 0.234 e. The molecule has 148 valence electrons. The number of nitrogens with one attached hydrogen (secondary N) is 2. The van der Waals surface area contributed by atoms with Crippen molar-refractivity contribution < 1.29 is 9.59 Å². The zero-order valence-electron chi connectivity index (χ0n) is 16.1. The summed E-state index contributed by atoms with van der Waals surface area (Å²) >= 11 is 7.24. The Kier molecular flexibility index (Phi) is 6.63. The van der Waals surface area contributed by atoms with Gasteiger partial charge in [-0.25, -0.2) is 0 Å². The van der Waals surface area contributed by atoms with Crippen LogP contribution in [0.2, 0.25) is 5.02 Å². The van der Waals surface area contributed by atoms with Gasteiger partial charge in [0, 0.05) is 23.0 Å². The molecule has 2 N–H and O–H groups in total. The van der Waals surface area contributed by atoms with E-state index < -0.39 is 0 Å². The molecular formula is C22H20ClN3O2S. The van der Waals surface area contributed by atoms with E-state index >= 15 is 0 Å². The van der Waals surface area contributed by atoms with Gasteiger partial charge < -0.3 is 10.6 Å². The summed E-state index contributed by atoms with van der Waals surface area (Å²) in [6.07, 6.45) is 0.212. The van der Waals surface area contributed by atoms with E-state index in [1.165, 1.54) is 0 Å². The molecule has 0 fully saturated rings. The van der Waals surface area contributed by atoms with Crippen molar-refractivity contribution >= 4 is 40.9 Å². The fourth-order valence-corrected chi connectivity index (χ4v) is 4.08. The highest BCUT2D eigenvalue weighted by molar-refractivity contribution is 8.03. The Balaban J connectivity index is 1.74. The van der Waals surface area contributed by atoms with Crippen LogP contribution in [-0.2, 0) is 9.59 Å². The fraction of sp³-hybridized carbons (Fsp3) is 0.227. The number of allylic oxidation sites excluding steroid dienone is 1. The Labute approximate surface area is 179 Å². The van der Waals surface area contributed by atoms with Crippen molar-refractivity contribution in [3.05, 3.63) is 74.8 Å². The lowest BCUT2D eigenvalue weighted by atomic mass is 9.87. The number of carbonyl (C=O) groups excluding carboxylic acids is 2. The molecule has 29 heavy (non-hydrogen) atoms. The van der Waals surface area contributed by atoms with Crippen molar-refractivity contribution in [2.24, 2.45) is 0 Å². The molecule has 7 heteroatoms. The van der Waals surface area contributed by atoms with E-state index in [9.17, 15) is 14.9 Å². The molecule has 0 unspecified atom stereocenters. The summed E-state index contributed by atoms with van der Waals surface area (Å²) < 4.78 is 0. The molecule has 0 aromatic heterocycles. The maximum Gasteiger partial charge on any atom is 0.234 e. The molecule has 0 spiro atoms. The lowest BCUT2D eigenvalue weighted by Gasteiger charge is -2.25. The van der Waals surface area contributed by atoms with Crippen molar-refractivity contribution in [2.45, 2.75) is 26.2 Å². The van der Waals surface area contributed by atoms with Gasteiger partial charge in [0.15, 0.2) is 0 Å². The molecule has 0 aliphatic carbocycles. The molecular weight excluding hydrogens is 406 g/mol. The number of hydrogen-bond donors (Lipinski definition) is 2. The van der Waals surface area contributed by atoms with E-state index in [1.54, 1.807) is 12.1 Å². The van der Waals surface area contributed by atoms with Gasteiger partial charge in [-0.2, -0.15) is 5.26 Å². The van der Waals surface area contributed by atoms with E-state index in [0.717, 1.165) is 28.5 Å². The maximum atomic E-state index is 12.3. The minimum Gasteiger partial charge on any atom is -0.325 e. The molecule has 1 atom stereocenters. The monoisotopic (exact) mass is 425 g/mol. The van der Waals surface area contributed by atoms with Crippen LogP contribution in [0.5, 0.6) is 0 Å². The van der Waals surface area contributed by atoms with E-state index in [4.69, 9.17) is 11.6 Å². The minimum atomic E-state index is -0.309. The number of nitrogens with zero attached hydrogens (tertiary/aromatic N) is 1. The van der Waals surface area contributed by atoms with Gasteiger partial charge in [0.1, 0.15) is 0 Å². The van der Waals surface area contributed by atoms with Crippen LogP contribution in [0.3, 0.4) is 0 Å². The highest BCUT2D eigenvalue weighted by atomic mass is 35.5. The molecule has 1 aliphatic rings. The summed E-state index contributed by atoms with van der Waals surface area (Å²) in [5, 5.41) is 16.2. The van der Waals surface area contributed by atoms with Gasteiger partial charge in [0.25, 0.3) is 0 Å². The van der Waals surface area contributed by atoms with Crippen LogP contribution >= 0.6 is 23.4 Å². The van der Waals surface area contributed by atoms with Gasteiger partial charge in [0.2, 0.25) is 11.8 Å². The molecule has 2 amide bonds. The third kappa shape index (κ3) is 5.20. The van der Waals surface area contributed by atoms with Gasteiger partial charge in [-0.15, -0.1) is 0 Å². The average molecular weight is 426 g/mol. The lowest BCUT2D eigenvalue weighted by molar-refractivity contribution is -0.121. The standard InChI is InChI=1S/C22H20ClN3O2S/c1-13-3-6-15(7-4-13)17-10-20(27)26-22(18(17)11-24)29-12-21(28)25-16-8-5-14(2)19(23)9-16/h3-9,17H,10,12H2,1-2H3,(H,25,28)(H,26,27)/t17-/m1/s1. The van der Waals surface area contributed by atoms with Crippen LogP contribution in [0.1, 0.15) is 29.0 Å². The molecule has 2 aromatic rings. The Bertz CT molecular complexity index is 1030. The molecule has 0 saturated heterocycles. The molecule has 3 rings (SSSR count). The van der Waals surface area contributed by atoms with E-state index in [1.807, 2.05) is 44.2 Å². The predicted octanol–water partition coefficient (Wildman–Crippen LogP) is 4.67. The third-order valence-corrected chi connectivity index (χ3v) is 6.06. The number of hydrogen-bond acceptors (Lipinski definition) is 4. The van der Waals surface area contributed by atoms with Crippen molar-refractivity contribution in [1.82, 2.24) is 5.32 Å². The molecule has 5 nitrogen and oxygen atoms in total. The van der Waals surface area contributed by atoms with Gasteiger partial charge in [-0.1, -0.05) is 59.3 Å². The second-order valence-corrected chi connectivity index (χ2v) is 8.26. The molecule has 0 saturated carbocycles. The van der Waals surface area contributed by atoms with E-state index in [-0.39, 0.29) is 29.9 Å². The molecule has 1 aliphatic heterocycles. The van der Waals surface area contributed by atoms with Crippen LogP contribution in [-0.4, -0.2) is 17.6 Å². The summed E-state index contributed by atoms with van der Waals surface area (Å²) in [7, 11) is 0. The normalized spacial score (nSPS) is 16.2. The van der Waals surface area contributed by atoms with Crippen LogP contribution in [0.25, 0.3) is 0 Å². The summed E-state index contributed by atoms with van der Waals surface area (Å²) in [5.41, 5.74) is 4.03. The number of benzene rings is 2. The van der Waals surface area contributed by atoms with Crippen molar-refractivity contribution in [1.29, 1.82) is 5.26 Å². The number of anilines is 1. The summed E-state index contributed by atoms with van der Waals surface area (Å²) in [6, 6.07) is 15.3. The largest absolute Gasteiger partial charge is 0.325 e. The van der Waals surface area contributed by atoms with Crippen molar-refractivity contribution in [3.8, 4) is 6.07 Å². The highest BCUT2D eigenvalue weighted by Crippen LogP contribution is 2.36. The lowest BCUT2D eigenvalue weighted by Crippen LogP contribution is -2.31.